The van der Waals surface area contributed by atoms with E-state index < -0.39 is 0 Å². The van der Waals surface area contributed by atoms with Crippen molar-refractivity contribution in [1.29, 1.82) is 0 Å². The summed E-state index contributed by atoms with van der Waals surface area (Å²) in [6.07, 6.45) is 4.92. The minimum atomic E-state index is 0.116. The lowest BCUT2D eigenvalue weighted by Crippen LogP contribution is -2.11. The van der Waals surface area contributed by atoms with Crippen molar-refractivity contribution in [2.75, 3.05) is 0 Å². The largest absolute Gasteiger partial charge is 0.344 e. The molecule has 1 atom stereocenters. The van der Waals surface area contributed by atoms with Crippen LogP contribution in [0.4, 0.5) is 0 Å². The third-order valence-electron chi connectivity index (χ3n) is 5.02. The highest BCUT2D eigenvalue weighted by atomic mass is 35.5. The van der Waals surface area contributed by atoms with Gasteiger partial charge in [-0.05, 0) is 48.5 Å². The van der Waals surface area contributed by atoms with Crippen molar-refractivity contribution < 1.29 is 0 Å². The molecule has 0 bridgehead atoms. The fourth-order valence-electron chi connectivity index (χ4n) is 3.56. The molecular formula is C20H24Cl2N4. The van der Waals surface area contributed by atoms with E-state index in [1.54, 1.807) is 0 Å². The zero-order valence-electron chi connectivity index (χ0n) is 15.5. The number of hydrogen-bond acceptors (Lipinski definition) is 3. The van der Waals surface area contributed by atoms with E-state index in [0.29, 0.717) is 11.7 Å². The molecule has 0 saturated carbocycles. The fourth-order valence-corrected chi connectivity index (χ4v) is 3.93. The van der Waals surface area contributed by atoms with Gasteiger partial charge < -0.3 is 4.57 Å². The molecule has 2 aromatic heterocycles. The van der Waals surface area contributed by atoms with Gasteiger partial charge in [0, 0.05) is 28.7 Å². The lowest BCUT2D eigenvalue weighted by atomic mass is 9.99. The van der Waals surface area contributed by atoms with E-state index >= 15 is 0 Å². The molecule has 0 amide bonds. The van der Waals surface area contributed by atoms with Crippen LogP contribution in [-0.2, 0) is 6.54 Å². The van der Waals surface area contributed by atoms with Crippen molar-refractivity contribution in [1.82, 2.24) is 19.5 Å². The van der Waals surface area contributed by atoms with Gasteiger partial charge in [-0.3, -0.25) is 0 Å². The summed E-state index contributed by atoms with van der Waals surface area (Å²) in [5, 5.41) is 1.35. The second kappa shape index (κ2) is 8.36. The average Bonchev–Trinajstić information content (AvgIpc) is 2.89. The van der Waals surface area contributed by atoms with Gasteiger partial charge in [-0.15, -0.1) is 0 Å². The van der Waals surface area contributed by atoms with Crippen LogP contribution in [0.1, 0.15) is 45.2 Å². The maximum atomic E-state index is 6.02. The number of aromatic nitrogens is 4. The highest BCUT2D eigenvalue weighted by Gasteiger charge is 2.20. The smallest absolute Gasteiger partial charge is 0.227 e. The summed E-state index contributed by atoms with van der Waals surface area (Å²) in [5.41, 5.74) is 3.32. The molecule has 6 heteroatoms. The number of halogens is 2. The third-order valence-corrected chi connectivity index (χ3v) is 5.36. The first kappa shape index (κ1) is 19.1. The summed E-state index contributed by atoms with van der Waals surface area (Å²) in [4.78, 5) is 12.5. The van der Waals surface area contributed by atoms with Crippen molar-refractivity contribution in [3.63, 3.8) is 0 Å². The molecule has 26 heavy (non-hydrogen) atoms. The van der Waals surface area contributed by atoms with E-state index in [0.717, 1.165) is 23.2 Å². The summed E-state index contributed by atoms with van der Waals surface area (Å²) in [5.74, 6) is 1.19. The SMILES string of the molecule is CCCCC(CC)Cn1c(C)c(-c2nc(Cl)nc(Cl)n2)c2ccccc21. The topological polar surface area (TPSA) is 43.6 Å². The molecule has 0 saturated heterocycles. The Hall–Kier alpha value is -1.65. The van der Waals surface area contributed by atoms with Gasteiger partial charge in [0.2, 0.25) is 10.6 Å². The van der Waals surface area contributed by atoms with Gasteiger partial charge in [0.25, 0.3) is 0 Å². The molecule has 4 nitrogen and oxygen atoms in total. The Balaban J connectivity index is 2.12. The molecule has 0 radical (unpaired) electrons. The Morgan fingerprint density at radius 2 is 1.73 bits per heavy atom. The fraction of sp³-hybridized carbons (Fsp3) is 0.450. The molecule has 3 rings (SSSR count). The molecule has 0 spiro atoms. The summed E-state index contributed by atoms with van der Waals surface area (Å²) in [6, 6.07) is 8.37. The Bertz CT molecular complexity index is 884. The maximum absolute atomic E-state index is 6.02. The van der Waals surface area contributed by atoms with E-state index in [2.05, 4.69) is 58.5 Å². The molecular weight excluding hydrogens is 367 g/mol. The first-order chi connectivity index (χ1) is 12.5. The highest BCUT2D eigenvalue weighted by molar-refractivity contribution is 6.31. The minimum Gasteiger partial charge on any atom is -0.344 e. The molecule has 0 aliphatic rings. The van der Waals surface area contributed by atoms with Gasteiger partial charge >= 0.3 is 0 Å². The van der Waals surface area contributed by atoms with Gasteiger partial charge in [0.15, 0.2) is 5.82 Å². The quantitative estimate of drug-likeness (QED) is 0.473. The maximum Gasteiger partial charge on any atom is 0.227 e. The minimum absolute atomic E-state index is 0.116. The van der Waals surface area contributed by atoms with Crippen molar-refractivity contribution in [2.24, 2.45) is 5.92 Å². The van der Waals surface area contributed by atoms with E-state index in [1.807, 2.05) is 6.07 Å². The summed E-state index contributed by atoms with van der Waals surface area (Å²) in [7, 11) is 0. The predicted molar refractivity (Wildman–Crippen MR) is 109 cm³/mol. The summed E-state index contributed by atoms with van der Waals surface area (Å²) < 4.78 is 2.39. The molecule has 1 unspecified atom stereocenters. The lowest BCUT2D eigenvalue weighted by molar-refractivity contribution is 0.393. The van der Waals surface area contributed by atoms with Crippen LogP contribution in [0.3, 0.4) is 0 Å². The van der Waals surface area contributed by atoms with Gasteiger partial charge in [-0.1, -0.05) is 51.3 Å². The number of fused-ring (bicyclic) bond motifs is 1. The summed E-state index contributed by atoms with van der Waals surface area (Å²) >= 11 is 12.0. The number of benzene rings is 1. The van der Waals surface area contributed by atoms with Crippen LogP contribution in [-0.4, -0.2) is 19.5 Å². The van der Waals surface area contributed by atoms with Gasteiger partial charge in [-0.2, -0.15) is 15.0 Å². The molecule has 0 fully saturated rings. The second-order valence-electron chi connectivity index (χ2n) is 6.70. The standard InChI is InChI=1S/C20H24Cl2N4/c1-4-6-9-14(5-2)12-26-13(3)17(15-10-7-8-11-16(15)26)18-23-19(21)25-20(22)24-18/h7-8,10-11,14H,4-6,9,12H2,1-3H3. The predicted octanol–water partition coefficient (Wildman–Crippen LogP) is 6.32. The zero-order chi connectivity index (χ0) is 18.7. The van der Waals surface area contributed by atoms with Crippen LogP contribution in [0.5, 0.6) is 0 Å². The number of rotatable bonds is 7. The van der Waals surface area contributed by atoms with Crippen molar-refractivity contribution in [2.45, 2.75) is 53.0 Å². The Labute approximate surface area is 164 Å². The van der Waals surface area contributed by atoms with Crippen LogP contribution >= 0.6 is 23.2 Å². The van der Waals surface area contributed by atoms with Crippen LogP contribution in [0.2, 0.25) is 10.6 Å². The van der Waals surface area contributed by atoms with Gasteiger partial charge in [-0.25, -0.2) is 0 Å². The Kier molecular flexibility index (Phi) is 6.15. The molecule has 0 N–H and O–H groups in total. The van der Waals surface area contributed by atoms with E-state index in [-0.39, 0.29) is 10.6 Å². The molecule has 3 aromatic rings. The zero-order valence-corrected chi connectivity index (χ0v) is 17.0. The first-order valence-corrected chi connectivity index (χ1v) is 9.96. The molecule has 0 aliphatic heterocycles. The van der Waals surface area contributed by atoms with Crippen molar-refractivity contribution in [3.8, 4) is 11.4 Å². The molecule has 2 heterocycles. The van der Waals surface area contributed by atoms with E-state index in [4.69, 9.17) is 23.2 Å². The number of unbranched alkanes of at least 4 members (excludes halogenated alkanes) is 1. The van der Waals surface area contributed by atoms with Gasteiger partial charge in [0.1, 0.15) is 0 Å². The Morgan fingerprint density at radius 3 is 2.38 bits per heavy atom. The number of nitrogens with zero attached hydrogens (tertiary/aromatic N) is 4. The molecule has 138 valence electrons. The number of hydrogen-bond donors (Lipinski definition) is 0. The molecule has 0 aliphatic carbocycles. The highest BCUT2D eigenvalue weighted by Crippen LogP contribution is 2.34. The monoisotopic (exact) mass is 390 g/mol. The second-order valence-corrected chi connectivity index (χ2v) is 7.38. The normalized spacial score (nSPS) is 12.7. The third kappa shape index (κ3) is 3.86. The van der Waals surface area contributed by atoms with Crippen LogP contribution < -0.4 is 0 Å². The summed E-state index contributed by atoms with van der Waals surface area (Å²) in [6.45, 7) is 7.63. The van der Waals surface area contributed by atoms with Crippen LogP contribution in [0.25, 0.3) is 22.3 Å². The average molecular weight is 391 g/mol. The van der Waals surface area contributed by atoms with Crippen LogP contribution in [0, 0.1) is 12.8 Å². The Morgan fingerprint density at radius 1 is 1.04 bits per heavy atom. The first-order valence-electron chi connectivity index (χ1n) is 9.20. The number of para-hydroxylation sites is 1. The van der Waals surface area contributed by atoms with Crippen LogP contribution in [0.15, 0.2) is 24.3 Å². The van der Waals surface area contributed by atoms with Crippen molar-refractivity contribution in [3.05, 3.63) is 40.5 Å². The van der Waals surface area contributed by atoms with Crippen molar-refractivity contribution >= 4 is 34.1 Å². The lowest BCUT2D eigenvalue weighted by Gasteiger charge is -2.18. The van der Waals surface area contributed by atoms with Gasteiger partial charge in [0.05, 0.1) is 0 Å². The van der Waals surface area contributed by atoms with E-state index in [9.17, 15) is 0 Å². The molecule has 1 aromatic carbocycles. The van der Waals surface area contributed by atoms with E-state index in [1.165, 1.54) is 31.2 Å².